The highest BCUT2D eigenvalue weighted by atomic mass is 32.2. The summed E-state index contributed by atoms with van der Waals surface area (Å²) in [7, 11) is -1.79. The molecule has 1 aliphatic rings. The fourth-order valence-corrected chi connectivity index (χ4v) is 3.47. The highest BCUT2D eigenvalue weighted by Gasteiger charge is 2.21. The number of nitrogen functional groups attached to an aromatic ring is 1. The molecular formula is C13H22N4O2S. The average Bonchev–Trinajstić information content (AvgIpc) is 2.98. The van der Waals surface area contributed by atoms with Crippen molar-refractivity contribution in [2.45, 2.75) is 17.7 Å². The smallest absolute Gasteiger partial charge is 0.242 e. The van der Waals surface area contributed by atoms with Gasteiger partial charge in [0.05, 0.1) is 4.90 Å². The number of hydrogen-bond acceptors (Lipinski definition) is 5. The lowest BCUT2D eigenvalue weighted by atomic mass is 10.3. The molecule has 3 N–H and O–H groups in total. The van der Waals surface area contributed by atoms with Gasteiger partial charge in [0.25, 0.3) is 0 Å². The van der Waals surface area contributed by atoms with E-state index in [9.17, 15) is 8.42 Å². The highest BCUT2D eigenvalue weighted by molar-refractivity contribution is 7.89. The molecule has 0 amide bonds. The number of rotatable bonds is 6. The summed E-state index contributed by atoms with van der Waals surface area (Å²) in [6.45, 7) is 3.45. The summed E-state index contributed by atoms with van der Waals surface area (Å²) in [6.07, 6.45) is 2.42. The Kier molecular flexibility index (Phi) is 4.98. The fourth-order valence-electron chi connectivity index (χ4n) is 2.31. The molecule has 1 fully saturated rings. The number of anilines is 1. The number of nitrogens with one attached hydrogen (secondary N) is 1. The Balaban J connectivity index is 2.00. The van der Waals surface area contributed by atoms with Gasteiger partial charge in [-0.2, -0.15) is 4.31 Å². The van der Waals surface area contributed by atoms with Gasteiger partial charge < -0.3 is 10.3 Å². The second kappa shape index (κ2) is 6.53. The summed E-state index contributed by atoms with van der Waals surface area (Å²) in [5.74, 6) is 5.27. The fraction of sp³-hybridized carbons (Fsp3) is 0.538. The summed E-state index contributed by atoms with van der Waals surface area (Å²) in [4.78, 5) is 2.59. The van der Waals surface area contributed by atoms with Gasteiger partial charge in [0.1, 0.15) is 0 Å². The van der Waals surface area contributed by atoms with E-state index < -0.39 is 10.0 Å². The molecule has 0 unspecified atom stereocenters. The van der Waals surface area contributed by atoms with E-state index >= 15 is 0 Å². The second-order valence-electron chi connectivity index (χ2n) is 5.04. The molecule has 0 spiro atoms. The Morgan fingerprint density at radius 3 is 2.40 bits per heavy atom. The van der Waals surface area contributed by atoms with Gasteiger partial charge in [0, 0.05) is 25.8 Å². The lowest BCUT2D eigenvalue weighted by molar-refractivity contribution is 0.310. The van der Waals surface area contributed by atoms with Crippen LogP contribution < -0.4 is 11.3 Å². The van der Waals surface area contributed by atoms with E-state index in [2.05, 4.69) is 10.3 Å². The monoisotopic (exact) mass is 298 g/mol. The van der Waals surface area contributed by atoms with Gasteiger partial charge in [-0.25, -0.2) is 8.42 Å². The number of likely N-dealkylation sites (N-methyl/N-ethyl adjacent to an activating group) is 1. The molecule has 7 heteroatoms. The number of benzene rings is 1. The van der Waals surface area contributed by atoms with Crippen LogP contribution in [0.25, 0.3) is 0 Å². The third-order valence-corrected chi connectivity index (χ3v) is 5.53. The van der Waals surface area contributed by atoms with E-state index in [4.69, 9.17) is 5.84 Å². The number of nitrogens with two attached hydrogens (primary N) is 1. The molecule has 1 aliphatic heterocycles. The van der Waals surface area contributed by atoms with Crippen molar-refractivity contribution in [3.63, 3.8) is 0 Å². The van der Waals surface area contributed by atoms with Crippen molar-refractivity contribution >= 4 is 15.7 Å². The topological polar surface area (TPSA) is 78.7 Å². The first-order valence-corrected chi connectivity index (χ1v) is 8.23. The predicted octanol–water partition coefficient (Wildman–Crippen LogP) is 0.689. The first-order valence-electron chi connectivity index (χ1n) is 6.79. The summed E-state index contributed by atoms with van der Waals surface area (Å²) >= 11 is 0. The number of sulfonamides is 1. The zero-order valence-corrected chi connectivity index (χ0v) is 12.6. The Morgan fingerprint density at radius 1 is 1.25 bits per heavy atom. The largest absolute Gasteiger partial charge is 0.324 e. The lowest BCUT2D eigenvalue weighted by Gasteiger charge is -2.21. The van der Waals surface area contributed by atoms with Crippen molar-refractivity contribution in [1.29, 1.82) is 0 Å². The van der Waals surface area contributed by atoms with Gasteiger partial charge >= 0.3 is 0 Å². The second-order valence-corrected chi connectivity index (χ2v) is 7.09. The Hall–Kier alpha value is -1.15. The first kappa shape index (κ1) is 15.2. The van der Waals surface area contributed by atoms with Crippen LogP contribution >= 0.6 is 0 Å². The van der Waals surface area contributed by atoms with E-state index in [0.29, 0.717) is 17.1 Å². The highest BCUT2D eigenvalue weighted by Crippen LogP contribution is 2.17. The van der Waals surface area contributed by atoms with Crippen molar-refractivity contribution in [1.82, 2.24) is 9.21 Å². The molecule has 0 radical (unpaired) electrons. The van der Waals surface area contributed by atoms with Crippen LogP contribution in [-0.2, 0) is 10.0 Å². The standard InChI is InChI=1S/C13H22N4O2S/c1-16(10-11-17-8-2-3-9-17)20(18,19)13-6-4-12(15-14)5-7-13/h4-7,15H,2-3,8-11,14H2,1H3. The van der Waals surface area contributed by atoms with E-state index in [1.54, 1.807) is 31.3 Å². The molecule has 20 heavy (non-hydrogen) atoms. The number of likely N-dealkylation sites (tertiary alicyclic amines) is 1. The zero-order chi connectivity index (χ0) is 14.6. The minimum atomic E-state index is -3.42. The molecule has 1 saturated heterocycles. The molecule has 1 heterocycles. The van der Waals surface area contributed by atoms with Gasteiger partial charge in [-0.15, -0.1) is 0 Å². The van der Waals surface area contributed by atoms with Crippen LogP contribution in [-0.4, -0.2) is 50.8 Å². The number of hydrazine groups is 1. The van der Waals surface area contributed by atoms with Crippen molar-refractivity contribution in [3.8, 4) is 0 Å². The van der Waals surface area contributed by atoms with Crippen LogP contribution in [0.15, 0.2) is 29.2 Å². The van der Waals surface area contributed by atoms with Gasteiger partial charge in [-0.1, -0.05) is 0 Å². The van der Waals surface area contributed by atoms with Gasteiger partial charge in [-0.05, 0) is 50.2 Å². The maximum atomic E-state index is 12.4. The Bertz CT molecular complexity index is 524. The van der Waals surface area contributed by atoms with Crippen molar-refractivity contribution in [2.24, 2.45) is 5.84 Å². The Labute approximate surface area is 120 Å². The molecule has 1 aromatic carbocycles. The molecule has 6 nitrogen and oxygen atoms in total. The maximum absolute atomic E-state index is 12.4. The molecule has 0 aliphatic carbocycles. The third-order valence-electron chi connectivity index (χ3n) is 3.66. The van der Waals surface area contributed by atoms with E-state index in [1.165, 1.54) is 17.1 Å². The number of nitrogens with zero attached hydrogens (tertiary/aromatic N) is 2. The zero-order valence-electron chi connectivity index (χ0n) is 11.7. The predicted molar refractivity (Wildman–Crippen MR) is 79.7 cm³/mol. The van der Waals surface area contributed by atoms with Crippen LogP contribution in [0.2, 0.25) is 0 Å². The molecule has 112 valence electrons. The van der Waals surface area contributed by atoms with E-state index in [1.807, 2.05) is 0 Å². The van der Waals surface area contributed by atoms with Crippen LogP contribution in [0.5, 0.6) is 0 Å². The van der Waals surface area contributed by atoms with Gasteiger partial charge in [0.2, 0.25) is 10.0 Å². The molecule has 0 aromatic heterocycles. The number of hydrogen-bond donors (Lipinski definition) is 2. The molecule has 0 saturated carbocycles. The van der Waals surface area contributed by atoms with Gasteiger partial charge in [-0.3, -0.25) is 5.84 Å². The van der Waals surface area contributed by atoms with Crippen molar-refractivity contribution < 1.29 is 8.42 Å². The lowest BCUT2D eigenvalue weighted by Crippen LogP contribution is -2.35. The summed E-state index contributed by atoms with van der Waals surface area (Å²) < 4.78 is 26.2. The molecular weight excluding hydrogens is 276 g/mol. The molecule has 0 atom stereocenters. The van der Waals surface area contributed by atoms with E-state index in [0.717, 1.165) is 19.6 Å². The van der Waals surface area contributed by atoms with Crippen molar-refractivity contribution in [2.75, 3.05) is 38.7 Å². The quantitative estimate of drug-likeness (QED) is 0.597. The van der Waals surface area contributed by atoms with Crippen LogP contribution in [0.3, 0.4) is 0 Å². The molecule has 2 rings (SSSR count). The van der Waals surface area contributed by atoms with Gasteiger partial charge in [0.15, 0.2) is 0 Å². The van der Waals surface area contributed by atoms with Crippen molar-refractivity contribution in [3.05, 3.63) is 24.3 Å². The summed E-state index contributed by atoms with van der Waals surface area (Å²) in [6, 6.07) is 6.44. The van der Waals surface area contributed by atoms with Crippen LogP contribution in [0, 0.1) is 0 Å². The summed E-state index contributed by atoms with van der Waals surface area (Å²) in [5.41, 5.74) is 3.17. The van der Waals surface area contributed by atoms with Crippen LogP contribution in [0.4, 0.5) is 5.69 Å². The maximum Gasteiger partial charge on any atom is 0.242 e. The van der Waals surface area contributed by atoms with E-state index in [-0.39, 0.29) is 0 Å². The molecule has 0 bridgehead atoms. The minimum absolute atomic E-state index is 0.292. The Morgan fingerprint density at radius 2 is 1.85 bits per heavy atom. The average molecular weight is 298 g/mol. The first-order chi connectivity index (χ1) is 9.54. The minimum Gasteiger partial charge on any atom is -0.324 e. The summed E-state index contributed by atoms with van der Waals surface area (Å²) in [5, 5.41) is 0. The SMILES string of the molecule is CN(CCN1CCCC1)S(=O)(=O)c1ccc(NN)cc1. The van der Waals surface area contributed by atoms with Crippen LogP contribution in [0.1, 0.15) is 12.8 Å². The third kappa shape index (κ3) is 3.49. The molecule has 1 aromatic rings. The normalized spacial score (nSPS) is 16.8.